The van der Waals surface area contributed by atoms with Gasteiger partial charge in [0.15, 0.2) is 0 Å². The summed E-state index contributed by atoms with van der Waals surface area (Å²) in [5.74, 6) is -1.17. The Morgan fingerprint density at radius 3 is 2.41 bits per heavy atom. The van der Waals surface area contributed by atoms with E-state index in [1.54, 1.807) is 0 Å². The molecular formula is C21H24F2N2O2. The first kappa shape index (κ1) is 19.3. The first-order valence-electron chi connectivity index (χ1n) is 9.20. The number of hydrogen-bond donors (Lipinski definition) is 2. The van der Waals surface area contributed by atoms with Gasteiger partial charge >= 0.3 is 6.03 Å². The molecule has 1 saturated carbocycles. The number of aryl methyl sites for hydroxylation is 1. The first-order valence-corrected chi connectivity index (χ1v) is 9.20. The van der Waals surface area contributed by atoms with E-state index in [1.807, 2.05) is 31.2 Å². The van der Waals surface area contributed by atoms with E-state index in [1.165, 1.54) is 18.2 Å². The van der Waals surface area contributed by atoms with E-state index < -0.39 is 11.6 Å². The number of rotatable bonds is 5. The second-order valence-electron chi connectivity index (χ2n) is 6.95. The minimum Gasteiger partial charge on any atom is -0.373 e. The van der Waals surface area contributed by atoms with Gasteiger partial charge in [0, 0.05) is 17.3 Å². The molecule has 2 aromatic carbocycles. The third-order valence-electron chi connectivity index (χ3n) is 4.81. The van der Waals surface area contributed by atoms with Gasteiger partial charge in [-0.05, 0) is 62.4 Å². The normalized spacial score (nSPS) is 19.5. The minimum absolute atomic E-state index is 0.0321. The van der Waals surface area contributed by atoms with E-state index in [0.717, 1.165) is 36.9 Å². The third-order valence-corrected chi connectivity index (χ3v) is 4.81. The number of ether oxygens (including phenoxy) is 1. The van der Waals surface area contributed by atoms with Gasteiger partial charge in [-0.25, -0.2) is 13.6 Å². The molecule has 2 amide bonds. The second kappa shape index (κ2) is 8.95. The van der Waals surface area contributed by atoms with Crippen LogP contribution in [0.3, 0.4) is 0 Å². The van der Waals surface area contributed by atoms with Gasteiger partial charge in [-0.3, -0.25) is 0 Å². The average molecular weight is 374 g/mol. The Bertz CT molecular complexity index is 769. The fourth-order valence-electron chi connectivity index (χ4n) is 3.32. The fraction of sp³-hybridized carbons (Fsp3) is 0.381. The van der Waals surface area contributed by atoms with Crippen molar-refractivity contribution in [2.45, 2.75) is 51.4 Å². The van der Waals surface area contributed by atoms with Crippen molar-refractivity contribution < 1.29 is 18.3 Å². The van der Waals surface area contributed by atoms with Crippen LogP contribution in [0.25, 0.3) is 0 Å². The Morgan fingerprint density at radius 2 is 1.74 bits per heavy atom. The highest BCUT2D eigenvalue weighted by Crippen LogP contribution is 2.23. The molecule has 0 aromatic heterocycles. The summed E-state index contributed by atoms with van der Waals surface area (Å²) in [5.41, 5.74) is 1.81. The van der Waals surface area contributed by atoms with E-state index in [9.17, 15) is 13.6 Å². The Balaban J connectivity index is 1.41. The zero-order chi connectivity index (χ0) is 19.2. The van der Waals surface area contributed by atoms with Gasteiger partial charge in [-0.2, -0.15) is 0 Å². The molecule has 0 aliphatic heterocycles. The van der Waals surface area contributed by atoms with Gasteiger partial charge in [-0.1, -0.05) is 18.2 Å². The largest absolute Gasteiger partial charge is 0.373 e. The summed E-state index contributed by atoms with van der Waals surface area (Å²) in [6, 6.07) is 11.3. The van der Waals surface area contributed by atoms with Crippen molar-refractivity contribution in [3.05, 3.63) is 65.2 Å². The lowest BCUT2D eigenvalue weighted by Gasteiger charge is -2.29. The summed E-state index contributed by atoms with van der Waals surface area (Å²) in [5, 5.41) is 5.81. The van der Waals surface area contributed by atoms with Crippen molar-refractivity contribution in [3.63, 3.8) is 0 Å². The molecule has 1 fully saturated rings. The topological polar surface area (TPSA) is 50.4 Å². The molecule has 0 unspecified atom stereocenters. The summed E-state index contributed by atoms with van der Waals surface area (Å²) in [6.07, 6.45) is 2.97. The van der Waals surface area contributed by atoms with Crippen molar-refractivity contribution in [2.75, 3.05) is 5.32 Å². The molecule has 144 valence electrons. The molecule has 2 aromatic rings. The summed E-state index contributed by atoms with van der Waals surface area (Å²) >= 11 is 0. The number of carbonyl (C=O) groups is 1. The van der Waals surface area contributed by atoms with Crippen LogP contribution in [0, 0.1) is 18.6 Å². The lowest BCUT2D eigenvalue weighted by atomic mass is 9.93. The zero-order valence-corrected chi connectivity index (χ0v) is 15.3. The smallest absolute Gasteiger partial charge is 0.319 e. The van der Waals surface area contributed by atoms with Gasteiger partial charge in [0.05, 0.1) is 12.7 Å². The number of urea groups is 1. The van der Waals surface area contributed by atoms with E-state index >= 15 is 0 Å². The lowest BCUT2D eigenvalue weighted by Crippen LogP contribution is -2.41. The van der Waals surface area contributed by atoms with Crippen molar-refractivity contribution in [2.24, 2.45) is 0 Å². The van der Waals surface area contributed by atoms with E-state index in [-0.39, 0.29) is 30.3 Å². The maximum absolute atomic E-state index is 13.6. The molecule has 0 radical (unpaired) electrons. The predicted molar refractivity (Wildman–Crippen MR) is 101 cm³/mol. The van der Waals surface area contributed by atoms with E-state index in [0.29, 0.717) is 0 Å². The third kappa shape index (κ3) is 5.50. The number of anilines is 1. The molecule has 1 aliphatic rings. The molecule has 27 heavy (non-hydrogen) atoms. The van der Waals surface area contributed by atoms with E-state index in [4.69, 9.17) is 4.74 Å². The maximum Gasteiger partial charge on any atom is 0.319 e. The van der Waals surface area contributed by atoms with Crippen LogP contribution in [0.2, 0.25) is 0 Å². The Kier molecular flexibility index (Phi) is 6.40. The molecule has 0 saturated heterocycles. The molecule has 4 nitrogen and oxygen atoms in total. The van der Waals surface area contributed by atoms with Crippen molar-refractivity contribution >= 4 is 11.7 Å². The second-order valence-corrected chi connectivity index (χ2v) is 6.95. The maximum atomic E-state index is 13.6. The van der Waals surface area contributed by atoms with Gasteiger partial charge in [-0.15, -0.1) is 0 Å². The van der Waals surface area contributed by atoms with Crippen molar-refractivity contribution in [1.82, 2.24) is 5.32 Å². The van der Waals surface area contributed by atoms with Gasteiger partial charge in [0.2, 0.25) is 0 Å². The number of benzene rings is 2. The monoisotopic (exact) mass is 374 g/mol. The SMILES string of the molecule is Cc1cccc(NC(=O)N[C@H]2CC[C@H](OCc3c(F)cccc3F)CC2)c1. The summed E-state index contributed by atoms with van der Waals surface area (Å²) in [7, 11) is 0. The zero-order valence-electron chi connectivity index (χ0n) is 15.3. The average Bonchev–Trinajstić information content (AvgIpc) is 2.62. The van der Waals surface area contributed by atoms with Crippen molar-refractivity contribution in [1.29, 1.82) is 0 Å². The molecule has 0 heterocycles. The molecule has 1 aliphatic carbocycles. The van der Waals surface area contributed by atoms with Crippen LogP contribution >= 0.6 is 0 Å². The predicted octanol–water partition coefficient (Wildman–Crippen LogP) is 4.92. The highest BCUT2D eigenvalue weighted by atomic mass is 19.1. The highest BCUT2D eigenvalue weighted by molar-refractivity contribution is 5.89. The number of halogens is 2. The quantitative estimate of drug-likeness (QED) is 0.780. The van der Waals surface area contributed by atoms with Crippen LogP contribution in [-0.2, 0) is 11.3 Å². The molecule has 0 atom stereocenters. The summed E-state index contributed by atoms with van der Waals surface area (Å²) in [4.78, 5) is 12.1. The van der Waals surface area contributed by atoms with Gasteiger partial charge in [0.1, 0.15) is 11.6 Å². The lowest BCUT2D eigenvalue weighted by molar-refractivity contribution is 0.00964. The van der Waals surface area contributed by atoms with Crippen molar-refractivity contribution in [3.8, 4) is 0 Å². The molecule has 0 bridgehead atoms. The first-order chi connectivity index (χ1) is 13.0. The minimum atomic E-state index is -0.585. The Hall–Kier alpha value is -2.47. The summed E-state index contributed by atoms with van der Waals surface area (Å²) in [6.45, 7) is 1.90. The standard InChI is InChI=1S/C21H24F2N2O2/c1-14-4-2-5-16(12-14)25-21(26)24-15-8-10-17(11-9-15)27-13-18-19(22)6-3-7-20(18)23/h2-7,12,15,17H,8-11,13H2,1H3,(H2,24,25,26)/t15-,17-. The van der Waals surface area contributed by atoms with Crippen LogP contribution in [0.15, 0.2) is 42.5 Å². The van der Waals surface area contributed by atoms with Crippen LogP contribution in [0.4, 0.5) is 19.3 Å². The number of amides is 2. The number of carbonyl (C=O) groups excluding carboxylic acids is 1. The number of hydrogen-bond acceptors (Lipinski definition) is 2. The van der Waals surface area contributed by atoms with Crippen LogP contribution in [0.5, 0.6) is 0 Å². The molecule has 2 N–H and O–H groups in total. The fourth-order valence-corrected chi connectivity index (χ4v) is 3.32. The summed E-state index contributed by atoms with van der Waals surface area (Å²) < 4.78 is 33.0. The van der Waals surface area contributed by atoms with Gasteiger partial charge < -0.3 is 15.4 Å². The van der Waals surface area contributed by atoms with E-state index in [2.05, 4.69) is 10.6 Å². The Morgan fingerprint density at radius 1 is 1.07 bits per heavy atom. The van der Waals surface area contributed by atoms with Crippen LogP contribution < -0.4 is 10.6 Å². The molecule has 6 heteroatoms. The van der Waals surface area contributed by atoms with Gasteiger partial charge in [0.25, 0.3) is 0 Å². The molecular weight excluding hydrogens is 350 g/mol. The van der Waals surface area contributed by atoms with Crippen LogP contribution in [0.1, 0.15) is 36.8 Å². The number of nitrogens with one attached hydrogen (secondary N) is 2. The highest BCUT2D eigenvalue weighted by Gasteiger charge is 2.23. The Labute approximate surface area is 157 Å². The van der Waals surface area contributed by atoms with Crippen LogP contribution in [-0.4, -0.2) is 18.2 Å². The molecule has 3 rings (SSSR count). The molecule has 0 spiro atoms.